The molecule has 0 spiro atoms. The number of rotatable bonds is 7. The van der Waals surface area contributed by atoms with E-state index in [0.29, 0.717) is 13.0 Å². The molecule has 9 heteroatoms. The number of hydrogen-bond donors (Lipinski definition) is 4. The molecule has 29 heavy (non-hydrogen) atoms. The third-order valence-corrected chi connectivity index (χ3v) is 5.41. The van der Waals surface area contributed by atoms with Crippen molar-refractivity contribution in [1.82, 2.24) is 10.6 Å². The first-order valence-corrected chi connectivity index (χ1v) is 10.2. The van der Waals surface area contributed by atoms with E-state index in [4.69, 9.17) is 9.84 Å². The highest BCUT2D eigenvalue weighted by Crippen LogP contribution is 2.33. The molecule has 0 fully saturated rings. The normalized spacial score (nSPS) is 17.7. The fourth-order valence-corrected chi connectivity index (χ4v) is 3.92. The highest BCUT2D eigenvalue weighted by atomic mass is 127. The molecule has 4 N–H and O–H groups in total. The smallest absolute Gasteiger partial charge is 0.404 e. The Bertz CT molecular complexity index is 863. The first kappa shape index (κ1) is 21.7. The highest BCUT2D eigenvalue weighted by Gasteiger charge is 2.26. The zero-order valence-corrected chi connectivity index (χ0v) is 17.5. The van der Waals surface area contributed by atoms with Crippen molar-refractivity contribution in [3.8, 4) is 5.75 Å². The van der Waals surface area contributed by atoms with Gasteiger partial charge in [0.15, 0.2) is 0 Å². The SMILES string of the molecule is O=C(O)N[C@@H](Cc1cc(F)cc(F)c1)[C@@H](O)CNC1CCOc2ccc(I)cc21. The number of halogens is 3. The number of nitrogens with one attached hydrogen (secondary N) is 2. The number of amides is 1. The predicted octanol–water partition coefficient (Wildman–Crippen LogP) is 3.22. The van der Waals surface area contributed by atoms with Crippen LogP contribution in [0.15, 0.2) is 36.4 Å². The Balaban J connectivity index is 1.68. The fraction of sp³-hybridized carbons (Fsp3) is 0.350. The van der Waals surface area contributed by atoms with Gasteiger partial charge in [0.25, 0.3) is 0 Å². The van der Waals surface area contributed by atoms with E-state index in [1.165, 1.54) is 0 Å². The molecule has 3 atom stereocenters. The Morgan fingerprint density at radius 1 is 1.24 bits per heavy atom. The molecule has 2 aromatic carbocycles. The molecular weight excluding hydrogens is 497 g/mol. The molecule has 6 nitrogen and oxygen atoms in total. The second kappa shape index (κ2) is 9.68. The molecule has 2 aromatic rings. The maximum Gasteiger partial charge on any atom is 0.404 e. The molecule has 1 heterocycles. The van der Waals surface area contributed by atoms with Crippen LogP contribution >= 0.6 is 22.6 Å². The van der Waals surface area contributed by atoms with Gasteiger partial charge in [0.05, 0.1) is 18.8 Å². The average molecular weight is 518 g/mol. The summed E-state index contributed by atoms with van der Waals surface area (Å²) in [4.78, 5) is 11.1. The molecule has 3 rings (SSSR count). The average Bonchev–Trinajstić information content (AvgIpc) is 2.64. The molecule has 0 saturated heterocycles. The molecule has 1 aliphatic heterocycles. The fourth-order valence-electron chi connectivity index (χ4n) is 3.41. The molecule has 0 radical (unpaired) electrons. The summed E-state index contributed by atoms with van der Waals surface area (Å²) in [6.07, 6.45) is -1.78. The quantitative estimate of drug-likeness (QED) is 0.423. The Hall–Kier alpha value is -1.98. The standard InChI is InChI=1S/C20H21F2IN2O4/c21-12-5-11(6-13(22)8-12)7-17(25-20(27)28)18(26)10-24-16-3-4-29-19-2-1-14(23)9-15(16)19/h1-2,5-6,8-9,16-18,24-26H,3-4,7,10H2,(H,27,28)/t16?,17-,18-/m0/s1. The minimum absolute atomic E-state index is 0.0495. The monoisotopic (exact) mass is 518 g/mol. The van der Waals surface area contributed by atoms with Gasteiger partial charge in [-0.15, -0.1) is 0 Å². The van der Waals surface area contributed by atoms with Crippen LogP contribution in [0.5, 0.6) is 5.75 Å². The van der Waals surface area contributed by atoms with Gasteiger partial charge in [0.2, 0.25) is 0 Å². The van der Waals surface area contributed by atoms with Crippen molar-refractivity contribution in [3.63, 3.8) is 0 Å². The van der Waals surface area contributed by atoms with Gasteiger partial charge in [-0.2, -0.15) is 0 Å². The summed E-state index contributed by atoms with van der Waals surface area (Å²) in [7, 11) is 0. The summed E-state index contributed by atoms with van der Waals surface area (Å²) in [5, 5.41) is 25.2. The first-order valence-electron chi connectivity index (χ1n) is 9.10. The van der Waals surface area contributed by atoms with E-state index in [1.54, 1.807) is 0 Å². The lowest BCUT2D eigenvalue weighted by Gasteiger charge is -2.30. The molecule has 0 aliphatic carbocycles. The van der Waals surface area contributed by atoms with Gasteiger partial charge >= 0.3 is 6.09 Å². The Labute approximate surface area is 180 Å². The van der Waals surface area contributed by atoms with Crippen LogP contribution in [-0.2, 0) is 6.42 Å². The van der Waals surface area contributed by atoms with Gasteiger partial charge in [-0.3, -0.25) is 0 Å². The number of ether oxygens (including phenoxy) is 1. The first-order chi connectivity index (χ1) is 13.8. The largest absolute Gasteiger partial charge is 0.493 e. The van der Waals surface area contributed by atoms with E-state index in [2.05, 4.69) is 33.2 Å². The van der Waals surface area contributed by atoms with Crippen LogP contribution < -0.4 is 15.4 Å². The predicted molar refractivity (Wildman–Crippen MR) is 111 cm³/mol. The van der Waals surface area contributed by atoms with Crippen molar-refractivity contribution in [3.05, 3.63) is 62.7 Å². The maximum atomic E-state index is 13.4. The van der Waals surface area contributed by atoms with Gasteiger partial charge < -0.3 is 25.6 Å². The van der Waals surface area contributed by atoms with Crippen LogP contribution in [-0.4, -0.2) is 41.6 Å². The van der Waals surface area contributed by atoms with E-state index in [-0.39, 0.29) is 24.6 Å². The third-order valence-electron chi connectivity index (χ3n) is 4.74. The zero-order chi connectivity index (χ0) is 21.0. The lowest BCUT2D eigenvalue weighted by Crippen LogP contribution is -2.49. The maximum absolute atomic E-state index is 13.4. The third kappa shape index (κ3) is 6.00. The lowest BCUT2D eigenvalue weighted by molar-refractivity contribution is 0.112. The van der Waals surface area contributed by atoms with Crippen molar-refractivity contribution in [2.45, 2.75) is 31.0 Å². The molecule has 1 unspecified atom stereocenters. The van der Waals surface area contributed by atoms with Crippen molar-refractivity contribution in [2.24, 2.45) is 0 Å². The Morgan fingerprint density at radius 2 is 1.97 bits per heavy atom. The molecule has 0 bridgehead atoms. The van der Waals surface area contributed by atoms with Crippen molar-refractivity contribution >= 4 is 28.7 Å². The molecule has 1 aliphatic rings. The molecular formula is C20H21F2IN2O4. The van der Waals surface area contributed by atoms with Crippen LogP contribution in [0, 0.1) is 15.2 Å². The van der Waals surface area contributed by atoms with Crippen LogP contribution in [0.2, 0.25) is 0 Å². The lowest BCUT2D eigenvalue weighted by atomic mass is 9.98. The highest BCUT2D eigenvalue weighted by molar-refractivity contribution is 14.1. The number of hydrogen-bond acceptors (Lipinski definition) is 4. The Kier molecular flexibility index (Phi) is 7.25. The number of aliphatic hydroxyl groups excluding tert-OH is 1. The summed E-state index contributed by atoms with van der Waals surface area (Å²) in [5.74, 6) is -0.732. The van der Waals surface area contributed by atoms with E-state index >= 15 is 0 Å². The summed E-state index contributed by atoms with van der Waals surface area (Å²) >= 11 is 2.21. The van der Waals surface area contributed by atoms with Crippen LogP contribution in [0.25, 0.3) is 0 Å². The number of benzene rings is 2. The van der Waals surface area contributed by atoms with Crippen LogP contribution in [0.3, 0.4) is 0 Å². The van der Waals surface area contributed by atoms with E-state index in [1.807, 2.05) is 18.2 Å². The second-order valence-corrected chi connectivity index (χ2v) is 8.13. The Morgan fingerprint density at radius 3 is 2.66 bits per heavy atom. The number of fused-ring (bicyclic) bond motifs is 1. The van der Waals surface area contributed by atoms with Crippen LogP contribution in [0.4, 0.5) is 13.6 Å². The topological polar surface area (TPSA) is 90.8 Å². The van der Waals surface area contributed by atoms with Gasteiger partial charge in [-0.1, -0.05) is 0 Å². The van der Waals surface area contributed by atoms with E-state index < -0.39 is 29.9 Å². The van der Waals surface area contributed by atoms with E-state index in [9.17, 15) is 18.7 Å². The number of carbonyl (C=O) groups is 1. The van der Waals surface area contributed by atoms with Gasteiger partial charge in [0, 0.05) is 34.2 Å². The molecule has 0 saturated carbocycles. The number of carboxylic acid groups (broad SMARTS) is 1. The van der Waals surface area contributed by atoms with E-state index in [0.717, 1.165) is 33.1 Å². The van der Waals surface area contributed by atoms with Crippen molar-refractivity contribution in [2.75, 3.05) is 13.2 Å². The number of aliphatic hydroxyl groups is 1. The van der Waals surface area contributed by atoms with Gasteiger partial charge in [-0.25, -0.2) is 13.6 Å². The second-order valence-electron chi connectivity index (χ2n) is 6.89. The minimum Gasteiger partial charge on any atom is -0.493 e. The van der Waals surface area contributed by atoms with Crippen molar-refractivity contribution < 1.29 is 28.5 Å². The van der Waals surface area contributed by atoms with Gasteiger partial charge in [-0.05, 0) is 64.9 Å². The molecule has 1 amide bonds. The van der Waals surface area contributed by atoms with Crippen molar-refractivity contribution in [1.29, 1.82) is 0 Å². The summed E-state index contributed by atoms with van der Waals surface area (Å²) in [6, 6.07) is 7.84. The summed E-state index contributed by atoms with van der Waals surface area (Å²) in [6.45, 7) is 0.624. The minimum atomic E-state index is -1.32. The van der Waals surface area contributed by atoms with Crippen LogP contribution in [0.1, 0.15) is 23.6 Å². The molecule has 156 valence electrons. The zero-order valence-electron chi connectivity index (χ0n) is 15.4. The summed E-state index contributed by atoms with van der Waals surface area (Å²) in [5.41, 5.74) is 1.23. The molecule has 0 aromatic heterocycles. The van der Waals surface area contributed by atoms with Gasteiger partial charge in [0.1, 0.15) is 17.4 Å². The summed E-state index contributed by atoms with van der Waals surface area (Å²) < 4.78 is 33.6.